The third kappa shape index (κ3) is 3.08. The molecule has 1 aromatic carbocycles. The molecule has 4 heterocycles. The minimum Gasteiger partial charge on any atom is -0.454 e. The van der Waals surface area contributed by atoms with E-state index in [0.29, 0.717) is 47.7 Å². The summed E-state index contributed by atoms with van der Waals surface area (Å²) >= 11 is 0. The standard InChI is InChI=1S/C20H20N6O4/c27-20(13-5-6-16-17(8-13)29-11-28-16)25-7-1-2-14(9-25)26-10-15(22-24-26)19-21-18(23-30-19)12-3-4-12/h5-6,8,10,12,14H,1-4,7,9,11H2. The summed E-state index contributed by atoms with van der Waals surface area (Å²) in [5, 5.41) is 12.5. The SMILES string of the molecule is O=C(c1ccc2c(c1)OCO2)N1CCCC(n2cc(-c3nc(C4CC4)no3)nn2)C1. The smallest absolute Gasteiger partial charge is 0.280 e. The highest BCUT2D eigenvalue weighted by Crippen LogP contribution is 2.39. The van der Waals surface area contributed by atoms with Gasteiger partial charge in [0.05, 0.1) is 12.2 Å². The van der Waals surface area contributed by atoms with E-state index in [4.69, 9.17) is 14.0 Å². The van der Waals surface area contributed by atoms with E-state index in [1.807, 2.05) is 11.1 Å². The second kappa shape index (κ2) is 6.82. The number of aromatic nitrogens is 5. The van der Waals surface area contributed by atoms with E-state index >= 15 is 0 Å². The van der Waals surface area contributed by atoms with Gasteiger partial charge < -0.3 is 18.9 Å². The van der Waals surface area contributed by atoms with Crippen LogP contribution in [0.3, 0.4) is 0 Å². The van der Waals surface area contributed by atoms with Gasteiger partial charge in [-0.25, -0.2) is 4.68 Å². The Bertz CT molecular complexity index is 1100. The molecule has 2 aromatic heterocycles. The zero-order valence-corrected chi connectivity index (χ0v) is 16.2. The number of fused-ring (bicyclic) bond motifs is 1. The molecule has 1 unspecified atom stereocenters. The lowest BCUT2D eigenvalue weighted by atomic mass is 10.0. The van der Waals surface area contributed by atoms with Crippen LogP contribution < -0.4 is 9.47 Å². The first-order valence-electron chi connectivity index (χ1n) is 10.2. The fraction of sp³-hybridized carbons (Fsp3) is 0.450. The monoisotopic (exact) mass is 408 g/mol. The quantitative estimate of drug-likeness (QED) is 0.648. The third-order valence-corrected chi connectivity index (χ3v) is 5.79. The van der Waals surface area contributed by atoms with E-state index in [9.17, 15) is 4.79 Å². The fourth-order valence-electron chi connectivity index (χ4n) is 3.97. The van der Waals surface area contributed by atoms with Gasteiger partial charge in [0, 0.05) is 24.6 Å². The van der Waals surface area contributed by atoms with Crippen molar-refractivity contribution in [1.82, 2.24) is 30.0 Å². The first kappa shape index (κ1) is 17.4. The lowest BCUT2D eigenvalue weighted by Crippen LogP contribution is -2.40. The van der Waals surface area contributed by atoms with Crippen LogP contribution in [0.15, 0.2) is 28.9 Å². The molecule has 0 N–H and O–H groups in total. The van der Waals surface area contributed by atoms with Crippen LogP contribution in [0.4, 0.5) is 0 Å². The number of carbonyl (C=O) groups excluding carboxylic acids is 1. The van der Waals surface area contributed by atoms with Crippen molar-refractivity contribution < 1.29 is 18.8 Å². The highest BCUT2D eigenvalue weighted by Gasteiger charge is 2.30. The van der Waals surface area contributed by atoms with Crippen molar-refractivity contribution >= 4 is 5.91 Å². The molecule has 10 nitrogen and oxygen atoms in total. The number of amides is 1. The Balaban J connectivity index is 1.17. The normalized spacial score (nSPS) is 20.5. The van der Waals surface area contributed by atoms with Crippen LogP contribution in [-0.2, 0) is 0 Å². The van der Waals surface area contributed by atoms with Crippen molar-refractivity contribution in [3.05, 3.63) is 35.8 Å². The number of nitrogens with zero attached hydrogens (tertiary/aromatic N) is 6. The molecule has 0 spiro atoms. The van der Waals surface area contributed by atoms with E-state index in [2.05, 4.69) is 20.5 Å². The summed E-state index contributed by atoms with van der Waals surface area (Å²) in [5.41, 5.74) is 1.16. The lowest BCUT2D eigenvalue weighted by Gasteiger charge is -2.32. The first-order chi connectivity index (χ1) is 14.7. The van der Waals surface area contributed by atoms with Crippen molar-refractivity contribution in [1.29, 1.82) is 0 Å². The van der Waals surface area contributed by atoms with E-state index in [1.165, 1.54) is 0 Å². The Morgan fingerprint density at radius 3 is 2.93 bits per heavy atom. The van der Waals surface area contributed by atoms with E-state index in [0.717, 1.165) is 31.5 Å². The largest absolute Gasteiger partial charge is 0.454 e. The Hall–Kier alpha value is -3.43. The fourth-order valence-corrected chi connectivity index (χ4v) is 3.97. The molecule has 10 heteroatoms. The molecule has 154 valence electrons. The van der Waals surface area contributed by atoms with Crippen molar-refractivity contribution in [3.63, 3.8) is 0 Å². The van der Waals surface area contributed by atoms with Gasteiger partial charge in [-0.2, -0.15) is 4.98 Å². The lowest BCUT2D eigenvalue weighted by molar-refractivity contribution is 0.0671. The summed E-state index contributed by atoms with van der Waals surface area (Å²) in [5.74, 6) is 2.82. The molecule has 1 saturated heterocycles. The number of hydrogen-bond donors (Lipinski definition) is 0. The van der Waals surface area contributed by atoms with Gasteiger partial charge in [-0.3, -0.25) is 4.79 Å². The highest BCUT2D eigenvalue weighted by atomic mass is 16.7. The maximum atomic E-state index is 13.0. The van der Waals surface area contributed by atoms with Crippen LogP contribution in [0.25, 0.3) is 11.6 Å². The van der Waals surface area contributed by atoms with Crippen LogP contribution in [0.2, 0.25) is 0 Å². The minimum absolute atomic E-state index is 0.0238. The van der Waals surface area contributed by atoms with Crippen molar-refractivity contribution in [2.75, 3.05) is 19.9 Å². The Morgan fingerprint density at radius 2 is 2.03 bits per heavy atom. The van der Waals surface area contributed by atoms with Gasteiger partial charge in [0.15, 0.2) is 23.0 Å². The van der Waals surface area contributed by atoms with Crippen LogP contribution in [-0.4, -0.2) is 55.8 Å². The number of hydrogen-bond acceptors (Lipinski definition) is 8. The summed E-state index contributed by atoms with van der Waals surface area (Å²) in [4.78, 5) is 19.3. The Labute approximate surface area is 171 Å². The van der Waals surface area contributed by atoms with Crippen molar-refractivity contribution in [3.8, 4) is 23.1 Å². The Morgan fingerprint density at radius 1 is 1.13 bits per heavy atom. The summed E-state index contributed by atoms with van der Waals surface area (Å²) < 4.78 is 17.9. The molecule has 1 saturated carbocycles. The third-order valence-electron chi connectivity index (χ3n) is 5.79. The number of piperidine rings is 1. The average Bonchev–Trinajstić information content (AvgIpc) is 3.19. The van der Waals surface area contributed by atoms with Gasteiger partial charge in [0.25, 0.3) is 11.8 Å². The first-order valence-corrected chi connectivity index (χ1v) is 10.2. The van der Waals surface area contributed by atoms with Crippen LogP contribution in [0.1, 0.15) is 53.8 Å². The molecule has 30 heavy (non-hydrogen) atoms. The van der Waals surface area contributed by atoms with E-state index in [1.54, 1.807) is 22.9 Å². The molecule has 0 radical (unpaired) electrons. The molecule has 2 aliphatic heterocycles. The Kier molecular flexibility index (Phi) is 3.96. The van der Waals surface area contributed by atoms with E-state index < -0.39 is 0 Å². The van der Waals surface area contributed by atoms with E-state index in [-0.39, 0.29) is 18.7 Å². The summed E-state index contributed by atoms with van der Waals surface area (Å²) in [7, 11) is 0. The summed E-state index contributed by atoms with van der Waals surface area (Å²) in [6.07, 6.45) is 5.86. The van der Waals surface area contributed by atoms with Gasteiger partial charge in [0.1, 0.15) is 0 Å². The number of ether oxygens (including phenoxy) is 2. The molecular formula is C20H20N6O4. The zero-order valence-electron chi connectivity index (χ0n) is 16.2. The van der Waals surface area contributed by atoms with Crippen LogP contribution in [0, 0.1) is 0 Å². The molecule has 1 atom stereocenters. The van der Waals surface area contributed by atoms with Gasteiger partial charge in [0.2, 0.25) is 6.79 Å². The second-order valence-corrected chi connectivity index (χ2v) is 7.93. The molecule has 2 fully saturated rings. The number of benzene rings is 1. The average molecular weight is 408 g/mol. The molecule has 1 aliphatic carbocycles. The zero-order chi connectivity index (χ0) is 20.1. The maximum Gasteiger partial charge on any atom is 0.280 e. The summed E-state index contributed by atoms with van der Waals surface area (Å²) in [6, 6.07) is 5.35. The van der Waals surface area contributed by atoms with Crippen molar-refractivity contribution in [2.24, 2.45) is 0 Å². The van der Waals surface area contributed by atoms with Gasteiger partial charge in [-0.1, -0.05) is 10.4 Å². The maximum absolute atomic E-state index is 13.0. The van der Waals surface area contributed by atoms with Crippen LogP contribution >= 0.6 is 0 Å². The molecule has 0 bridgehead atoms. The molecule has 3 aromatic rings. The summed E-state index contributed by atoms with van der Waals surface area (Å²) in [6.45, 7) is 1.46. The highest BCUT2D eigenvalue weighted by molar-refractivity contribution is 5.95. The minimum atomic E-state index is -0.0238. The van der Waals surface area contributed by atoms with Crippen molar-refractivity contribution in [2.45, 2.75) is 37.6 Å². The number of rotatable bonds is 4. The predicted molar refractivity (Wildman–Crippen MR) is 102 cm³/mol. The van der Waals surface area contributed by atoms with Crippen LogP contribution in [0.5, 0.6) is 11.5 Å². The second-order valence-electron chi connectivity index (χ2n) is 7.93. The molecule has 6 rings (SSSR count). The van der Waals surface area contributed by atoms with Gasteiger partial charge >= 0.3 is 0 Å². The predicted octanol–water partition coefficient (Wildman–Crippen LogP) is 2.41. The van der Waals surface area contributed by atoms with Gasteiger partial charge in [-0.15, -0.1) is 5.10 Å². The molecular weight excluding hydrogens is 388 g/mol. The topological polar surface area (TPSA) is 108 Å². The molecule has 3 aliphatic rings. The van der Waals surface area contributed by atoms with Gasteiger partial charge in [-0.05, 0) is 43.9 Å². The number of likely N-dealkylation sites (tertiary alicyclic amines) is 1. The molecule has 1 amide bonds. The number of carbonyl (C=O) groups is 1.